The van der Waals surface area contributed by atoms with E-state index in [-0.39, 0.29) is 12.0 Å². The van der Waals surface area contributed by atoms with Gasteiger partial charge in [0.15, 0.2) is 21.3 Å². The summed E-state index contributed by atoms with van der Waals surface area (Å²) in [6.45, 7) is 0.377. The van der Waals surface area contributed by atoms with Crippen molar-refractivity contribution in [1.82, 2.24) is 5.32 Å². The molecule has 0 spiro atoms. The SMILES string of the molecule is COc1ccc(/C=C/C(=O)NCC2Cc3cc(-c4ccc(S(C)(=O)=O)cc4)ccc3O2)cc1OC. The topological polar surface area (TPSA) is 90.9 Å². The van der Waals surface area contributed by atoms with E-state index in [2.05, 4.69) is 5.32 Å². The Morgan fingerprint density at radius 3 is 2.40 bits per heavy atom. The van der Waals surface area contributed by atoms with E-state index >= 15 is 0 Å². The lowest BCUT2D eigenvalue weighted by molar-refractivity contribution is -0.116. The first-order chi connectivity index (χ1) is 16.8. The minimum atomic E-state index is -3.23. The van der Waals surface area contributed by atoms with Crippen LogP contribution in [0.4, 0.5) is 0 Å². The fourth-order valence-electron chi connectivity index (χ4n) is 3.91. The molecule has 1 aliphatic rings. The van der Waals surface area contributed by atoms with Crippen molar-refractivity contribution >= 4 is 21.8 Å². The van der Waals surface area contributed by atoms with Crippen molar-refractivity contribution in [3.63, 3.8) is 0 Å². The van der Waals surface area contributed by atoms with Gasteiger partial charge in [0.25, 0.3) is 0 Å². The molecule has 35 heavy (non-hydrogen) atoms. The average Bonchev–Trinajstić information content (AvgIpc) is 3.27. The van der Waals surface area contributed by atoms with Crippen LogP contribution in [-0.4, -0.2) is 47.4 Å². The van der Waals surface area contributed by atoms with Gasteiger partial charge in [-0.1, -0.05) is 24.3 Å². The molecule has 8 heteroatoms. The van der Waals surface area contributed by atoms with Crippen molar-refractivity contribution < 1.29 is 27.4 Å². The van der Waals surface area contributed by atoms with Crippen molar-refractivity contribution in [2.45, 2.75) is 17.4 Å². The smallest absolute Gasteiger partial charge is 0.244 e. The molecule has 3 aromatic carbocycles. The van der Waals surface area contributed by atoms with Gasteiger partial charge in [0, 0.05) is 18.8 Å². The van der Waals surface area contributed by atoms with Crippen molar-refractivity contribution in [1.29, 1.82) is 0 Å². The number of amides is 1. The molecule has 1 heterocycles. The maximum absolute atomic E-state index is 12.3. The second-order valence-corrected chi connectivity index (χ2v) is 10.3. The van der Waals surface area contributed by atoms with Gasteiger partial charge >= 0.3 is 0 Å². The summed E-state index contributed by atoms with van der Waals surface area (Å²) < 4.78 is 39.9. The van der Waals surface area contributed by atoms with Crippen LogP contribution in [0, 0.1) is 0 Å². The minimum absolute atomic E-state index is 0.161. The number of nitrogens with one attached hydrogen (secondary N) is 1. The molecular formula is C27H27NO6S. The summed E-state index contributed by atoms with van der Waals surface area (Å²) in [7, 11) is -0.0909. The number of carbonyl (C=O) groups excluding carboxylic acids is 1. The summed E-state index contributed by atoms with van der Waals surface area (Å²) in [4.78, 5) is 12.6. The Kier molecular flexibility index (Phi) is 7.12. The molecule has 0 bridgehead atoms. The highest BCUT2D eigenvalue weighted by molar-refractivity contribution is 7.90. The van der Waals surface area contributed by atoms with Crippen LogP contribution in [0.1, 0.15) is 11.1 Å². The molecular weight excluding hydrogens is 466 g/mol. The number of methoxy groups -OCH3 is 2. The molecule has 0 radical (unpaired) electrons. The highest BCUT2D eigenvalue weighted by atomic mass is 32.2. The second kappa shape index (κ2) is 10.2. The number of hydrogen-bond donors (Lipinski definition) is 1. The van der Waals surface area contributed by atoms with E-state index in [1.807, 2.05) is 24.3 Å². The maximum Gasteiger partial charge on any atom is 0.244 e. The predicted octanol–water partition coefficient (Wildman–Crippen LogP) is 3.91. The molecule has 0 saturated heterocycles. The van der Waals surface area contributed by atoms with Gasteiger partial charge in [0.05, 0.1) is 25.7 Å². The highest BCUT2D eigenvalue weighted by Gasteiger charge is 2.23. The summed E-state index contributed by atoms with van der Waals surface area (Å²) in [5.74, 6) is 1.80. The van der Waals surface area contributed by atoms with Gasteiger partial charge in [-0.15, -0.1) is 0 Å². The normalized spacial score (nSPS) is 14.9. The zero-order chi connectivity index (χ0) is 25.0. The van der Waals surface area contributed by atoms with Crippen molar-refractivity contribution in [2.75, 3.05) is 27.0 Å². The third kappa shape index (κ3) is 5.84. The lowest BCUT2D eigenvalue weighted by atomic mass is 10.0. The summed E-state index contributed by atoms with van der Waals surface area (Å²) in [6.07, 6.45) is 4.89. The van der Waals surface area contributed by atoms with Crippen molar-refractivity contribution in [3.05, 3.63) is 77.9 Å². The Morgan fingerprint density at radius 1 is 1.00 bits per heavy atom. The third-order valence-corrected chi connectivity index (χ3v) is 6.88. The van der Waals surface area contributed by atoms with Crippen LogP contribution in [0.3, 0.4) is 0 Å². The van der Waals surface area contributed by atoms with E-state index in [0.717, 1.165) is 28.0 Å². The number of hydrogen-bond acceptors (Lipinski definition) is 6. The van der Waals surface area contributed by atoms with Crippen molar-refractivity contribution in [2.24, 2.45) is 0 Å². The van der Waals surface area contributed by atoms with Gasteiger partial charge < -0.3 is 19.5 Å². The second-order valence-electron chi connectivity index (χ2n) is 8.26. The summed E-state index contributed by atoms with van der Waals surface area (Å²) >= 11 is 0. The molecule has 1 aliphatic heterocycles. The fourth-order valence-corrected chi connectivity index (χ4v) is 4.54. The van der Waals surface area contributed by atoms with Crippen LogP contribution < -0.4 is 19.5 Å². The minimum Gasteiger partial charge on any atom is -0.493 e. The van der Waals surface area contributed by atoms with Crippen LogP contribution in [0.25, 0.3) is 17.2 Å². The maximum atomic E-state index is 12.3. The Balaban J connectivity index is 1.34. The summed E-state index contributed by atoms with van der Waals surface area (Å²) in [5.41, 5.74) is 3.78. The van der Waals surface area contributed by atoms with Crippen molar-refractivity contribution in [3.8, 4) is 28.4 Å². The molecule has 0 saturated carbocycles. The molecule has 0 aliphatic carbocycles. The van der Waals surface area contributed by atoms with Crippen LogP contribution in [0.15, 0.2) is 71.6 Å². The summed E-state index contributed by atoms with van der Waals surface area (Å²) in [5, 5.41) is 2.88. The quantitative estimate of drug-likeness (QED) is 0.479. The van der Waals surface area contributed by atoms with E-state index in [4.69, 9.17) is 14.2 Å². The number of carbonyl (C=O) groups is 1. The number of benzene rings is 3. The number of rotatable bonds is 8. The van der Waals surface area contributed by atoms with E-state index in [1.165, 1.54) is 12.3 Å². The molecule has 4 rings (SSSR count). The van der Waals surface area contributed by atoms with Gasteiger partial charge in [-0.2, -0.15) is 0 Å². The molecule has 1 unspecified atom stereocenters. The largest absolute Gasteiger partial charge is 0.493 e. The van der Waals surface area contributed by atoms with Crippen LogP contribution in [-0.2, 0) is 21.1 Å². The zero-order valence-corrected chi connectivity index (χ0v) is 20.6. The highest BCUT2D eigenvalue weighted by Crippen LogP contribution is 2.33. The first-order valence-electron chi connectivity index (χ1n) is 11.0. The van der Waals surface area contributed by atoms with E-state index in [0.29, 0.717) is 29.4 Å². The van der Waals surface area contributed by atoms with Gasteiger partial charge in [-0.05, 0) is 64.7 Å². The number of fused-ring (bicyclic) bond motifs is 1. The first kappa shape index (κ1) is 24.3. The zero-order valence-electron chi connectivity index (χ0n) is 19.8. The van der Waals surface area contributed by atoms with E-state index in [1.54, 1.807) is 56.7 Å². The van der Waals surface area contributed by atoms with Gasteiger partial charge in [-0.25, -0.2) is 8.42 Å². The first-order valence-corrected chi connectivity index (χ1v) is 12.9. The Labute approximate surface area is 205 Å². The standard InChI is InChI=1S/C27H27NO6S/c1-32-25-11-4-18(14-26(25)33-2)5-13-27(29)28-17-22-16-21-15-20(8-12-24(21)34-22)19-6-9-23(10-7-19)35(3,30)31/h4-15,22H,16-17H2,1-3H3,(H,28,29)/b13-5+. The number of ether oxygens (including phenoxy) is 3. The fraction of sp³-hybridized carbons (Fsp3) is 0.222. The van der Waals surface area contributed by atoms with E-state index in [9.17, 15) is 13.2 Å². The molecule has 0 fully saturated rings. The average molecular weight is 494 g/mol. The lowest BCUT2D eigenvalue weighted by Crippen LogP contribution is -2.33. The molecule has 1 N–H and O–H groups in total. The van der Waals surface area contributed by atoms with Gasteiger partial charge in [0.1, 0.15) is 11.9 Å². The molecule has 0 aromatic heterocycles. The van der Waals surface area contributed by atoms with E-state index < -0.39 is 9.84 Å². The molecule has 182 valence electrons. The molecule has 7 nitrogen and oxygen atoms in total. The molecule has 3 aromatic rings. The predicted molar refractivity (Wildman–Crippen MR) is 135 cm³/mol. The molecule has 1 atom stereocenters. The van der Waals surface area contributed by atoms with Gasteiger partial charge in [-0.3, -0.25) is 4.79 Å². The Morgan fingerprint density at radius 2 is 1.71 bits per heavy atom. The monoisotopic (exact) mass is 493 g/mol. The third-order valence-electron chi connectivity index (χ3n) is 5.76. The van der Waals surface area contributed by atoms with Gasteiger partial charge in [0.2, 0.25) is 5.91 Å². The number of sulfone groups is 1. The Hall–Kier alpha value is -3.78. The lowest BCUT2D eigenvalue weighted by Gasteiger charge is -2.11. The van der Waals surface area contributed by atoms with Crippen LogP contribution >= 0.6 is 0 Å². The Bertz CT molecular complexity index is 1360. The molecule has 1 amide bonds. The van der Waals surface area contributed by atoms with Crippen LogP contribution in [0.5, 0.6) is 17.2 Å². The van der Waals surface area contributed by atoms with Crippen LogP contribution in [0.2, 0.25) is 0 Å². The summed E-state index contributed by atoms with van der Waals surface area (Å²) in [6, 6.07) is 18.2.